The number of halogens is 1. The van der Waals surface area contributed by atoms with Crippen LogP contribution in [0.5, 0.6) is 0 Å². The lowest BCUT2D eigenvalue weighted by molar-refractivity contribution is -0.119. The summed E-state index contributed by atoms with van der Waals surface area (Å²) in [6.45, 7) is 8.38. The zero-order chi connectivity index (χ0) is 20.7. The predicted octanol–water partition coefficient (Wildman–Crippen LogP) is 5.94. The lowest BCUT2D eigenvalue weighted by Crippen LogP contribution is -2.30. The molecule has 2 aliphatic rings. The topological polar surface area (TPSA) is 29.1 Å². The third kappa shape index (κ3) is 6.37. The molecular formula is C26H35FNO. The summed E-state index contributed by atoms with van der Waals surface area (Å²) in [7, 11) is 0. The summed E-state index contributed by atoms with van der Waals surface area (Å²) < 4.78 is 13.4. The molecule has 2 nitrogen and oxygen atoms in total. The highest BCUT2D eigenvalue weighted by Gasteiger charge is 2.29. The van der Waals surface area contributed by atoms with Gasteiger partial charge in [-0.1, -0.05) is 37.6 Å². The molecule has 0 aromatic heterocycles. The Hall–Kier alpha value is -1.74. The maximum Gasteiger partial charge on any atom is 0.162 e. The van der Waals surface area contributed by atoms with Crippen molar-refractivity contribution in [1.29, 1.82) is 0 Å². The van der Waals surface area contributed by atoms with Crippen LogP contribution < -0.4 is 5.32 Å². The van der Waals surface area contributed by atoms with Gasteiger partial charge in [-0.15, -0.1) is 6.58 Å². The van der Waals surface area contributed by atoms with Crippen LogP contribution >= 0.6 is 0 Å². The molecule has 1 heterocycles. The first-order valence-electron chi connectivity index (χ1n) is 11.2. The van der Waals surface area contributed by atoms with Crippen molar-refractivity contribution in [3.63, 3.8) is 0 Å². The number of allylic oxidation sites excluding steroid dienone is 3. The summed E-state index contributed by atoms with van der Waals surface area (Å²) in [5.74, 6) is 0.970. The number of carbonyl (C=O) groups excluding carboxylic acids is 1. The Balaban J connectivity index is 1.57. The fourth-order valence-electron chi connectivity index (χ4n) is 4.73. The van der Waals surface area contributed by atoms with Gasteiger partial charge < -0.3 is 5.32 Å². The van der Waals surface area contributed by atoms with Gasteiger partial charge in [-0.25, -0.2) is 4.39 Å². The average Bonchev–Trinajstić information content (AvgIpc) is 3.57. The van der Waals surface area contributed by atoms with E-state index < -0.39 is 0 Å². The average molecular weight is 397 g/mol. The minimum absolute atomic E-state index is 0.0681. The number of nitrogens with one attached hydrogen (secondary N) is 1. The molecule has 1 saturated heterocycles. The number of Topliss-reactive ketones (excluding diaryl/α,β-unsaturated/α-hetero) is 1. The van der Waals surface area contributed by atoms with E-state index in [0.29, 0.717) is 11.7 Å². The molecule has 3 rings (SSSR count). The minimum atomic E-state index is -0.202. The van der Waals surface area contributed by atoms with Crippen molar-refractivity contribution in [3.05, 3.63) is 66.4 Å². The fourth-order valence-corrected chi connectivity index (χ4v) is 4.73. The van der Waals surface area contributed by atoms with Crippen molar-refractivity contribution in [2.75, 3.05) is 13.1 Å². The van der Waals surface area contributed by atoms with Crippen LogP contribution in [0.25, 0.3) is 0 Å². The van der Waals surface area contributed by atoms with E-state index in [2.05, 4.69) is 18.8 Å². The Morgan fingerprint density at radius 3 is 2.72 bits per heavy atom. The SMILES string of the molecule is C=CC[C@@](C)(CCCC(CC[C@H]1CCCNC1)C(=O)C1=C[CH]1)c1ccc(F)cc1. The van der Waals surface area contributed by atoms with E-state index in [1.165, 1.54) is 25.0 Å². The number of ketones is 1. The number of hydrogen-bond donors (Lipinski definition) is 1. The maximum absolute atomic E-state index is 13.4. The summed E-state index contributed by atoms with van der Waals surface area (Å²) in [4.78, 5) is 12.8. The minimum Gasteiger partial charge on any atom is -0.316 e. The van der Waals surface area contributed by atoms with Crippen molar-refractivity contribution in [2.24, 2.45) is 11.8 Å². The molecule has 1 fully saturated rings. The highest BCUT2D eigenvalue weighted by Crippen LogP contribution is 2.36. The van der Waals surface area contributed by atoms with E-state index in [1.807, 2.05) is 30.7 Å². The number of piperidine rings is 1. The molecule has 29 heavy (non-hydrogen) atoms. The number of carbonyl (C=O) groups is 1. The zero-order valence-corrected chi connectivity index (χ0v) is 17.8. The highest BCUT2D eigenvalue weighted by molar-refractivity contribution is 6.04. The molecule has 1 radical (unpaired) electrons. The van der Waals surface area contributed by atoms with Crippen LogP contribution in [0.4, 0.5) is 4.39 Å². The normalized spacial score (nSPS) is 21.7. The Kier molecular flexibility index (Phi) is 7.83. The van der Waals surface area contributed by atoms with E-state index in [-0.39, 0.29) is 17.2 Å². The Labute approximate surface area is 175 Å². The summed E-state index contributed by atoms with van der Waals surface area (Å²) in [5.41, 5.74) is 2.00. The van der Waals surface area contributed by atoms with E-state index in [1.54, 1.807) is 0 Å². The van der Waals surface area contributed by atoms with Crippen molar-refractivity contribution < 1.29 is 9.18 Å². The van der Waals surface area contributed by atoms with Crippen molar-refractivity contribution in [2.45, 2.75) is 63.7 Å². The molecule has 1 aliphatic carbocycles. The van der Waals surface area contributed by atoms with Gasteiger partial charge in [-0.3, -0.25) is 4.79 Å². The van der Waals surface area contributed by atoms with Gasteiger partial charge in [0.1, 0.15) is 5.82 Å². The molecule has 1 aromatic carbocycles. The second-order valence-corrected chi connectivity index (χ2v) is 9.09. The van der Waals surface area contributed by atoms with Gasteiger partial charge in [0.25, 0.3) is 0 Å². The molecule has 1 aliphatic heterocycles. The monoisotopic (exact) mass is 396 g/mol. The van der Waals surface area contributed by atoms with Crippen molar-refractivity contribution in [3.8, 4) is 0 Å². The van der Waals surface area contributed by atoms with Crippen molar-refractivity contribution >= 4 is 5.78 Å². The molecule has 0 amide bonds. The van der Waals surface area contributed by atoms with Crippen LogP contribution in [0.2, 0.25) is 0 Å². The molecular weight excluding hydrogens is 361 g/mol. The van der Waals surface area contributed by atoms with Gasteiger partial charge in [0.15, 0.2) is 5.78 Å². The molecule has 3 atom stereocenters. The molecule has 1 aromatic rings. The van der Waals surface area contributed by atoms with E-state index in [0.717, 1.165) is 62.8 Å². The lowest BCUT2D eigenvalue weighted by atomic mass is 9.74. The molecule has 1 unspecified atom stereocenters. The number of hydrogen-bond acceptors (Lipinski definition) is 2. The largest absolute Gasteiger partial charge is 0.316 e. The molecule has 0 bridgehead atoms. The van der Waals surface area contributed by atoms with Gasteiger partial charge in [-0.05, 0) is 92.6 Å². The Morgan fingerprint density at radius 1 is 1.34 bits per heavy atom. The van der Waals surface area contributed by atoms with Gasteiger partial charge >= 0.3 is 0 Å². The zero-order valence-electron chi connectivity index (χ0n) is 17.8. The van der Waals surface area contributed by atoms with Gasteiger partial charge in [0.2, 0.25) is 0 Å². The second-order valence-electron chi connectivity index (χ2n) is 9.09. The molecule has 0 spiro atoms. The van der Waals surface area contributed by atoms with E-state index in [4.69, 9.17) is 0 Å². The Bertz CT molecular complexity index is 717. The molecule has 0 saturated carbocycles. The van der Waals surface area contributed by atoms with Crippen molar-refractivity contribution in [1.82, 2.24) is 5.32 Å². The van der Waals surface area contributed by atoms with Gasteiger partial charge in [-0.2, -0.15) is 0 Å². The standard InChI is InChI=1S/C26H35FNO/c1-3-16-26(2,23-12-14-24(27)15-13-23)17-4-7-21(25(29)22-10-11-22)9-8-20-6-5-18-28-19-20/h3,10-15,20-21,28H,1,4-9,16-19H2,2H3/t20-,21?,26+/m1/s1. The third-order valence-corrected chi connectivity index (χ3v) is 6.73. The van der Waals surface area contributed by atoms with E-state index >= 15 is 0 Å². The Morgan fingerprint density at radius 2 is 2.10 bits per heavy atom. The number of benzene rings is 1. The third-order valence-electron chi connectivity index (χ3n) is 6.73. The summed E-state index contributed by atoms with van der Waals surface area (Å²) in [6, 6.07) is 6.86. The van der Waals surface area contributed by atoms with Crippen LogP contribution in [0.1, 0.15) is 63.9 Å². The fraction of sp³-hybridized carbons (Fsp3) is 0.538. The van der Waals surface area contributed by atoms with Crippen LogP contribution in [-0.2, 0) is 10.2 Å². The van der Waals surface area contributed by atoms with Crippen LogP contribution in [0.15, 0.2) is 48.6 Å². The lowest BCUT2D eigenvalue weighted by Gasteiger charge is -2.30. The quantitative estimate of drug-likeness (QED) is 0.443. The molecule has 1 N–H and O–H groups in total. The summed E-state index contributed by atoms with van der Waals surface area (Å²) in [5, 5.41) is 3.48. The number of rotatable bonds is 12. The van der Waals surface area contributed by atoms with Crippen LogP contribution in [0.3, 0.4) is 0 Å². The molecule has 157 valence electrons. The van der Waals surface area contributed by atoms with Crippen LogP contribution in [-0.4, -0.2) is 18.9 Å². The first-order valence-corrected chi connectivity index (χ1v) is 11.2. The summed E-state index contributed by atoms with van der Waals surface area (Å²) in [6.07, 6.45) is 14.2. The smallest absolute Gasteiger partial charge is 0.162 e. The van der Waals surface area contributed by atoms with Crippen LogP contribution in [0, 0.1) is 24.1 Å². The molecule has 3 heteroatoms. The first kappa shape index (κ1) is 22.0. The van der Waals surface area contributed by atoms with E-state index in [9.17, 15) is 9.18 Å². The maximum atomic E-state index is 13.4. The second kappa shape index (κ2) is 10.3. The van der Waals surface area contributed by atoms with Gasteiger partial charge in [0, 0.05) is 12.3 Å². The van der Waals surface area contributed by atoms with Gasteiger partial charge in [0.05, 0.1) is 0 Å². The first-order chi connectivity index (χ1) is 14.0. The summed E-state index contributed by atoms with van der Waals surface area (Å²) >= 11 is 0. The predicted molar refractivity (Wildman–Crippen MR) is 118 cm³/mol. The highest BCUT2D eigenvalue weighted by atomic mass is 19.1.